The molecule has 3 heterocycles. The van der Waals surface area contributed by atoms with Crippen LogP contribution >= 0.6 is 0 Å². The van der Waals surface area contributed by atoms with Crippen LogP contribution in [0, 0.1) is 5.92 Å². The van der Waals surface area contributed by atoms with Gasteiger partial charge < -0.3 is 24.9 Å². The maximum absolute atomic E-state index is 9.39. The van der Waals surface area contributed by atoms with Crippen molar-refractivity contribution in [3.63, 3.8) is 0 Å². The van der Waals surface area contributed by atoms with Gasteiger partial charge in [-0.3, -0.25) is 0 Å². The second-order valence-electron chi connectivity index (χ2n) is 8.41. The molecule has 7 nitrogen and oxygen atoms in total. The van der Waals surface area contributed by atoms with Gasteiger partial charge >= 0.3 is 0 Å². The van der Waals surface area contributed by atoms with Crippen molar-refractivity contribution in [2.24, 2.45) is 5.92 Å². The molecular weight excluding hydrogens is 380 g/mol. The summed E-state index contributed by atoms with van der Waals surface area (Å²) in [5, 5.41) is 10.3. The number of nitrogens with zero attached hydrogens (tertiary/aromatic N) is 3. The quantitative estimate of drug-likeness (QED) is 0.647. The summed E-state index contributed by atoms with van der Waals surface area (Å²) in [6.07, 6.45) is 9.11. The van der Waals surface area contributed by atoms with Crippen molar-refractivity contribution in [1.29, 1.82) is 0 Å². The summed E-state index contributed by atoms with van der Waals surface area (Å²) >= 11 is 0. The minimum atomic E-state index is 0.173. The van der Waals surface area contributed by atoms with E-state index in [-0.39, 0.29) is 12.7 Å². The fraction of sp³-hybridized carbons (Fsp3) is 0.478. The number of hydrogen-bond donors (Lipinski definition) is 2. The molecule has 1 aliphatic carbocycles. The van der Waals surface area contributed by atoms with Gasteiger partial charge in [0, 0.05) is 31.0 Å². The molecular formula is C23H28N4O3. The van der Waals surface area contributed by atoms with Gasteiger partial charge in [-0.2, -0.15) is 0 Å². The van der Waals surface area contributed by atoms with Crippen LogP contribution in [0.25, 0.3) is 22.2 Å². The second-order valence-corrected chi connectivity index (χ2v) is 8.41. The van der Waals surface area contributed by atoms with Crippen molar-refractivity contribution in [2.75, 3.05) is 25.6 Å². The lowest BCUT2D eigenvalue weighted by molar-refractivity contribution is -0.0110. The zero-order valence-corrected chi connectivity index (χ0v) is 17.0. The number of anilines is 1. The van der Waals surface area contributed by atoms with Crippen LogP contribution < -0.4 is 10.5 Å². The third kappa shape index (κ3) is 3.63. The van der Waals surface area contributed by atoms with Crippen molar-refractivity contribution in [3.8, 4) is 16.9 Å². The van der Waals surface area contributed by atoms with E-state index in [1.54, 1.807) is 0 Å². The Morgan fingerprint density at radius 3 is 2.93 bits per heavy atom. The molecule has 1 aliphatic heterocycles. The molecule has 7 heteroatoms. The molecule has 0 radical (unpaired) electrons. The van der Waals surface area contributed by atoms with Gasteiger partial charge in [0.15, 0.2) is 0 Å². The molecule has 30 heavy (non-hydrogen) atoms. The summed E-state index contributed by atoms with van der Waals surface area (Å²) in [5.74, 6) is 1.67. The van der Waals surface area contributed by atoms with Gasteiger partial charge in [-0.15, -0.1) is 0 Å². The predicted molar refractivity (Wildman–Crippen MR) is 115 cm³/mol. The largest absolute Gasteiger partial charge is 0.491 e. The Labute approximate surface area is 175 Å². The van der Waals surface area contributed by atoms with Crippen molar-refractivity contribution >= 4 is 16.9 Å². The Morgan fingerprint density at radius 2 is 2.13 bits per heavy atom. The molecule has 0 bridgehead atoms. The number of aliphatic hydroxyl groups is 1. The van der Waals surface area contributed by atoms with E-state index >= 15 is 0 Å². The van der Waals surface area contributed by atoms with E-state index in [4.69, 9.17) is 15.2 Å². The van der Waals surface area contributed by atoms with Gasteiger partial charge in [-0.1, -0.05) is 12.1 Å². The summed E-state index contributed by atoms with van der Waals surface area (Å²) in [5.41, 5.74) is 9.15. The van der Waals surface area contributed by atoms with Crippen LogP contribution in [-0.2, 0) is 4.74 Å². The molecule has 1 saturated carbocycles. The Morgan fingerprint density at radius 1 is 1.23 bits per heavy atom. The number of rotatable bonds is 6. The first-order valence-electron chi connectivity index (χ1n) is 10.8. The van der Waals surface area contributed by atoms with Gasteiger partial charge in [0.05, 0.1) is 11.5 Å². The van der Waals surface area contributed by atoms with Gasteiger partial charge in [0.1, 0.15) is 30.1 Å². The van der Waals surface area contributed by atoms with Crippen LogP contribution in [0.5, 0.6) is 5.75 Å². The number of fused-ring (bicyclic) bond motifs is 1. The number of nitrogens with two attached hydrogens (primary N) is 1. The molecule has 5 rings (SSSR count). The third-order valence-corrected chi connectivity index (χ3v) is 6.36. The fourth-order valence-corrected chi connectivity index (χ4v) is 4.56. The molecule has 0 amide bonds. The second kappa shape index (κ2) is 8.24. The molecule has 2 aliphatic rings. The van der Waals surface area contributed by atoms with Crippen LogP contribution in [0.15, 0.2) is 36.8 Å². The molecule has 3 N–H and O–H groups in total. The Bertz CT molecular complexity index is 1020. The first kappa shape index (κ1) is 19.3. The number of ether oxygens (including phenoxy) is 2. The monoisotopic (exact) mass is 408 g/mol. The highest BCUT2D eigenvalue weighted by Gasteiger charge is 2.32. The molecule has 2 fully saturated rings. The summed E-state index contributed by atoms with van der Waals surface area (Å²) in [6, 6.07) is 8.41. The van der Waals surface area contributed by atoms with Crippen LogP contribution in [0.4, 0.5) is 5.82 Å². The predicted octanol–water partition coefficient (Wildman–Crippen LogP) is 3.57. The van der Waals surface area contributed by atoms with Crippen LogP contribution in [-0.4, -0.2) is 45.6 Å². The van der Waals surface area contributed by atoms with Gasteiger partial charge in [0.25, 0.3) is 0 Å². The maximum atomic E-state index is 9.39. The number of aromatic nitrogens is 3. The number of benzene rings is 1. The number of hydrogen-bond acceptors (Lipinski definition) is 6. The molecule has 3 aromatic rings. The lowest BCUT2D eigenvalue weighted by Gasteiger charge is -2.35. The van der Waals surface area contributed by atoms with Crippen LogP contribution in [0.2, 0.25) is 0 Å². The standard InChI is InChI=1S/C23H28N4O3/c24-22-21-20(11-27(23(21)26-14-25-22)17-8-15(9-17)12-28)16-4-3-6-18(10-16)30-13-19-5-1-2-7-29-19/h3-4,6,10-11,14-15,17,19,28H,1-2,5,7-9,12-13H2,(H2,24,25,26)/t15-,17-,19?. The number of nitrogen functional groups attached to an aromatic ring is 1. The third-order valence-electron chi connectivity index (χ3n) is 6.36. The zero-order chi connectivity index (χ0) is 20.5. The topological polar surface area (TPSA) is 95.4 Å². The molecule has 2 aromatic heterocycles. The van der Waals surface area contributed by atoms with Gasteiger partial charge in [-0.05, 0) is 55.7 Å². The average Bonchev–Trinajstić information content (AvgIpc) is 3.13. The van der Waals surface area contributed by atoms with E-state index in [0.29, 0.717) is 24.4 Å². The zero-order valence-electron chi connectivity index (χ0n) is 17.0. The average molecular weight is 409 g/mol. The summed E-state index contributed by atoms with van der Waals surface area (Å²) in [6.45, 7) is 1.63. The highest BCUT2D eigenvalue weighted by atomic mass is 16.5. The highest BCUT2D eigenvalue weighted by Crippen LogP contribution is 2.42. The lowest BCUT2D eigenvalue weighted by atomic mass is 9.81. The lowest BCUT2D eigenvalue weighted by Crippen LogP contribution is -2.28. The summed E-state index contributed by atoms with van der Waals surface area (Å²) < 4.78 is 14.0. The van der Waals surface area contributed by atoms with E-state index in [1.165, 1.54) is 12.7 Å². The van der Waals surface area contributed by atoms with Crippen LogP contribution in [0.1, 0.15) is 38.1 Å². The van der Waals surface area contributed by atoms with E-state index in [1.807, 2.05) is 18.2 Å². The summed E-state index contributed by atoms with van der Waals surface area (Å²) in [7, 11) is 0. The van der Waals surface area contributed by atoms with E-state index in [0.717, 1.165) is 60.2 Å². The molecule has 1 saturated heterocycles. The van der Waals surface area contributed by atoms with E-state index in [2.05, 4.69) is 26.8 Å². The smallest absolute Gasteiger partial charge is 0.146 e. The van der Waals surface area contributed by atoms with E-state index < -0.39 is 0 Å². The Hall–Kier alpha value is -2.64. The Kier molecular flexibility index (Phi) is 5.31. The minimum Gasteiger partial charge on any atom is -0.491 e. The van der Waals surface area contributed by atoms with Gasteiger partial charge in [0.2, 0.25) is 0 Å². The first-order chi connectivity index (χ1) is 14.7. The molecule has 158 valence electrons. The van der Waals surface area contributed by atoms with Crippen molar-refractivity contribution in [3.05, 3.63) is 36.8 Å². The normalized spacial score (nSPS) is 24.0. The SMILES string of the molecule is Nc1ncnc2c1c(-c1cccc(OCC3CCCCO3)c1)cn2[C@H]1C[C@H](CO)C1. The van der Waals surface area contributed by atoms with Crippen molar-refractivity contribution < 1.29 is 14.6 Å². The maximum Gasteiger partial charge on any atom is 0.146 e. The van der Waals surface area contributed by atoms with Crippen molar-refractivity contribution in [1.82, 2.24) is 14.5 Å². The number of aliphatic hydroxyl groups excluding tert-OH is 1. The highest BCUT2D eigenvalue weighted by molar-refractivity contribution is 6.00. The molecule has 1 atom stereocenters. The molecule has 0 spiro atoms. The minimum absolute atomic E-state index is 0.173. The van der Waals surface area contributed by atoms with Gasteiger partial charge in [-0.25, -0.2) is 9.97 Å². The van der Waals surface area contributed by atoms with Crippen LogP contribution in [0.3, 0.4) is 0 Å². The summed E-state index contributed by atoms with van der Waals surface area (Å²) in [4.78, 5) is 8.75. The van der Waals surface area contributed by atoms with Crippen molar-refractivity contribution in [2.45, 2.75) is 44.2 Å². The Balaban J connectivity index is 1.44. The molecule has 1 unspecified atom stereocenters. The molecule has 1 aromatic carbocycles. The van der Waals surface area contributed by atoms with E-state index in [9.17, 15) is 5.11 Å². The first-order valence-corrected chi connectivity index (χ1v) is 10.8. The fourth-order valence-electron chi connectivity index (χ4n) is 4.56.